The predicted octanol–water partition coefficient (Wildman–Crippen LogP) is 3.45. The second kappa shape index (κ2) is 8.38. The van der Waals surface area contributed by atoms with Crippen LogP contribution in [0.4, 0.5) is 23.4 Å². The Hall–Kier alpha value is -2.65. The lowest BCUT2D eigenvalue weighted by Gasteiger charge is -2.30. The highest BCUT2D eigenvalue weighted by Gasteiger charge is 2.31. The highest BCUT2D eigenvalue weighted by Crippen LogP contribution is 2.31. The molecule has 0 bridgehead atoms. The first-order valence-corrected chi connectivity index (χ1v) is 9.21. The van der Waals surface area contributed by atoms with Gasteiger partial charge in [0.15, 0.2) is 0 Å². The van der Waals surface area contributed by atoms with Crippen LogP contribution in [0.2, 0.25) is 0 Å². The summed E-state index contributed by atoms with van der Waals surface area (Å²) in [5.74, 6) is 5.73. The summed E-state index contributed by atoms with van der Waals surface area (Å²) in [6, 6.07) is 5.88. The number of pyridine rings is 1. The van der Waals surface area contributed by atoms with Gasteiger partial charge in [-0.05, 0) is 74.2 Å². The number of benzene rings is 1. The van der Waals surface area contributed by atoms with Gasteiger partial charge in [0.1, 0.15) is 11.6 Å². The Bertz CT molecular complexity index is 910. The van der Waals surface area contributed by atoms with E-state index < -0.39 is 17.6 Å². The second-order valence-electron chi connectivity index (χ2n) is 7.05. The van der Waals surface area contributed by atoms with E-state index in [1.807, 2.05) is 7.05 Å². The van der Waals surface area contributed by atoms with Crippen LogP contribution in [-0.2, 0) is 12.6 Å². The number of nitrogens with zero attached hydrogens (tertiary/aromatic N) is 2. The van der Waals surface area contributed by atoms with E-state index in [-0.39, 0.29) is 18.0 Å². The minimum absolute atomic E-state index is 0.0288. The van der Waals surface area contributed by atoms with Crippen molar-refractivity contribution in [1.29, 1.82) is 0 Å². The summed E-state index contributed by atoms with van der Waals surface area (Å²) < 4.78 is 52.5. The number of nitrogens with two attached hydrogens (primary N) is 2. The van der Waals surface area contributed by atoms with Gasteiger partial charge in [0.05, 0.1) is 11.3 Å². The van der Waals surface area contributed by atoms with Crippen LogP contribution in [0.1, 0.15) is 36.0 Å². The number of hydrogen-bond acceptors (Lipinski definition) is 5. The largest absolute Gasteiger partial charge is 0.416 e. The molecule has 0 amide bonds. The highest BCUT2D eigenvalue weighted by molar-refractivity contribution is 5.48. The Morgan fingerprint density at radius 1 is 1.21 bits per heavy atom. The van der Waals surface area contributed by atoms with Crippen LogP contribution < -0.4 is 21.9 Å². The SMILES string of the molecule is CNC1CCCC(N(N)c2cc(Cc3cc(F)cc(C(F)(F)F)c3)ccn2)=C1N. The van der Waals surface area contributed by atoms with Crippen LogP contribution in [0.15, 0.2) is 47.9 Å². The summed E-state index contributed by atoms with van der Waals surface area (Å²) >= 11 is 0. The summed E-state index contributed by atoms with van der Waals surface area (Å²) in [5, 5.41) is 4.56. The lowest BCUT2D eigenvalue weighted by molar-refractivity contribution is -0.137. The van der Waals surface area contributed by atoms with Gasteiger partial charge < -0.3 is 11.1 Å². The van der Waals surface area contributed by atoms with Crippen molar-refractivity contribution in [1.82, 2.24) is 10.3 Å². The molecule has 29 heavy (non-hydrogen) atoms. The molecule has 0 aliphatic heterocycles. The average Bonchev–Trinajstić information content (AvgIpc) is 2.67. The third-order valence-electron chi connectivity index (χ3n) is 5.00. The molecule has 0 saturated carbocycles. The monoisotopic (exact) mass is 409 g/mol. The van der Waals surface area contributed by atoms with Crippen molar-refractivity contribution in [3.63, 3.8) is 0 Å². The number of hydrogen-bond donors (Lipinski definition) is 3. The van der Waals surface area contributed by atoms with Crippen molar-refractivity contribution in [2.24, 2.45) is 11.6 Å². The van der Waals surface area contributed by atoms with Gasteiger partial charge in [0.2, 0.25) is 0 Å². The zero-order valence-electron chi connectivity index (χ0n) is 15.9. The van der Waals surface area contributed by atoms with Gasteiger partial charge in [-0.15, -0.1) is 0 Å². The lowest BCUT2D eigenvalue weighted by Crippen LogP contribution is -2.41. The molecule has 3 rings (SSSR count). The fourth-order valence-corrected chi connectivity index (χ4v) is 3.53. The molecule has 0 spiro atoms. The van der Waals surface area contributed by atoms with Crippen LogP contribution in [0.5, 0.6) is 0 Å². The smallest absolute Gasteiger partial charge is 0.399 e. The molecular formula is C20H23F4N5. The summed E-state index contributed by atoms with van der Waals surface area (Å²) in [7, 11) is 1.83. The third kappa shape index (κ3) is 4.86. The minimum Gasteiger partial charge on any atom is -0.399 e. The summed E-state index contributed by atoms with van der Waals surface area (Å²) in [6.45, 7) is 0. The van der Waals surface area contributed by atoms with Crippen molar-refractivity contribution in [2.75, 3.05) is 12.1 Å². The molecule has 1 heterocycles. The van der Waals surface area contributed by atoms with E-state index in [1.54, 1.807) is 12.1 Å². The fourth-order valence-electron chi connectivity index (χ4n) is 3.53. The number of nitrogens with one attached hydrogen (secondary N) is 1. The van der Waals surface area contributed by atoms with Crippen molar-refractivity contribution in [3.8, 4) is 0 Å². The predicted molar refractivity (Wildman–Crippen MR) is 103 cm³/mol. The molecule has 1 aromatic heterocycles. The van der Waals surface area contributed by atoms with E-state index in [4.69, 9.17) is 11.6 Å². The lowest BCUT2D eigenvalue weighted by atomic mass is 9.96. The minimum atomic E-state index is -4.61. The Morgan fingerprint density at radius 2 is 1.97 bits per heavy atom. The normalized spacial score (nSPS) is 17.5. The number of likely N-dealkylation sites (N-methyl/N-ethyl adjacent to an activating group) is 1. The number of rotatable bonds is 5. The maximum atomic E-state index is 13.7. The molecule has 1 atom stereocenters. The maximum absolute atomic E-state index is 13.7. The van der Waals surface area contributed by atoms with Crippen LogP contribution in [-0.4, -0.2) is 18.1 Å². The molecule has 5 N–H and O–H groups in total. The van der Waals surface area contributed by atoms with Gasteiger partial charge >= 0.3 is 6.18 Å². The van der Waals surface area contributed by atoms with E-state index >= 15 is 0 Å². The first-order chi connectivity index (χ1) is 13.7. The van der Waals surface area contributed by atoms with Crippen LogP contribution in [0, 0.1) is 5.82 Å². The maximum Gasteiger partial charge on any atom is 0.416 e. The number of halogens is 4. The average molecular weight is 409 g/mol. The molecule has 156 valence electrons. The quantitative estimate of drug-likeness (QED) is 0.400. The van der Waals surface area contributed by atoms with Gasteiger partial charge in [0, 0.05) is 17.9 Å². The number of anilines is 1. The van der Waals surface area contributed by atoms with Crippen molar-refractivity contribution in [2.45, 2.75) is 37.9 Å². The summed E-state index contributed by atoms with van der Waals surface area (Å²) in [6.07, 6.45) is -0.456. The van der Waals surface area contributed by atoms with E-state index in [0.717, 1.165) is 30.7 Å². The van der Waals surface area contributed by atoms with Gasteiger partial charge in [-0.3, -0.25) is 5.01 Å². The molecule has 0 saturated heterocycles. The molecule has 1 aliphatic carbocycles. The van der Waals surface area contributed by atoms with E-state index in [9.17, 15) is 17.6 Å². The van der Waals surface area contributed by atoms with Crippen molar-refractivity contribution >= 4 is 5.82 Å². The van der Waals surface area contributed by atoms with Crippen LogP contribution >= 0.6 is 0 Å². The molecule has 1 aliphatic rings. The van der Waals surface area contributed by atoms with Gasteiger partial charge in [-0.1, -0.05) is 0 Å². The van der Waals surface area contributed by atoms with Crippen molar-refractivity contribution in [3.05, 3.63) is 70.4 Å². The van der Waals surface area contributed by atoms with E-state index in [1.165, 1.54) is 11.2 Å². The summed E-state index contributed by atoms with van der Waals surface area (Å²) in [5.41, 5.74) is 7.48. The van der Waals surface area contributed by atoms with E-state index in [0.29, 0.717) is 29.6 Å². The first-order valence-electron chi connectivity index (χ1n) is 9.21. The topological polar surface area (TPSA) is 80.2 Å². The zero-order chi connectivity index (χ0) is 21.2. The van der Waals surface area contributed by atoms with Gasteiger partial charge in [0.25, 0.3) is 0 Å². The number of aromatic nitrogens is 1. The standard InChI is InChI=1S/C20H23F4N5/c1-27-16-3-2-4-17(19(16)25)29(26)18-10-12(5-6-28-18)7-13-8-14(20(22,23)24)11-15(21)9-13/h5-6,8-11,16,27H,2-4,7,25-26H2,1H3. The van der Waals surface area contributed by atoms with Crippen molar-refractivity contribution < 1.29 is 17.6 Å². The molecule has 5 nitrogen and oxygen atoms in total. The fraction of sp³-hybridized carbons (Fsp3) is 0.350. The van der Waals surface area contributed by atoms with Gasteiger partial charge in [-0.25, -0.2) is 15.2 Å². The molecule has 9 heteroatoms. The molecule has 1 unspecified atom stereocenters. The first kappa shape index (κ1) is 21.1. The Labute approximate surface area is 166 Å². The second-order valence-corrected chi connectivity index (χ2v) is 7.05. The molecule has 1 aromatic carbocycles. The molecule has 0 fully saturated rings. The molecule has 2 aromatic rings. The Morgan fingerprint density at radius 3 is 2.66 bits per heavy atom. The Balaban J connectivity index is 1.86. The number of alkyl halides is 3. The molecule has 0 radical (unpaired) electrons. The Kier molecular flexibility index (Phi) is 6.09. The van der Waals surface area contributed by atoms with Crippen LogP contribution in [0.3, 0.4) is 0 Å². The van der Waals surface area contributed by atoms with E-state index in [2.05, 4.69) is 10.3 Å². The summed E-state index contributed by atoms with van der Waals surface area (Å²) in [4.78, 5) is 4.25. The highest BCUT2D eigenvalue weighted by atomic mass is 19.4. The number of hydrazine groups is 1. The van der Waals surface area contributed by atoms with Gasteiger partial charge in [-0.2, -0.15) is 13.2 Å². The van der Waals surface area contributed by atoms with Crippen LogP contribution in [0.25, 0.3) is 0 Å². The molecular weight excluding hydrogens is 386 g/mol. The number of allylic oxidation sites excluding steroid dienone is 1. The third-order valence-corrected chi connectivity index (χ3v) is 5.00. The zero-order valence-corrected chi connectivity index (χ0v) is 15.9.